The monoisotopic (exact) mass is 450 g/mol. The van der Waals surface area contributed by atoms with Gasteiger partial charge in [0.25, 0.3) is 0 Å². The topological polar surface area (TPSA) is 78.2 Å². The van der Waals surface area contributed by atoms with Crippen LogP contribution in [0.25, 0.3) is 0 Å². The Morgan fingerprint density at radius 1 is 1.13 bits per heavy atom. The zero-order valence-corrected chi connectivity index (χ0v) is 19.1. The van der Waals surface area contributed by atoms with E-state index in [9.17, 15) is 27.3 Å². The molecule has 1 amide bonds. The lowest BCUT2D eigenvalue weighted by Gasteiger charge is -2.28. The molecule has 0 fully saturated rings. The Kier molecular flexibility index (Phi) is 7.16. The van der Waals surface area contributed by atoms with E-state index in [2.05, 4.69) is 0 Å². The summed E-state index contributed by atoms with van der Waals surface area (Å²) >= 11 is 0. The Morgan fingerprint density at radius 2 is 1.67 bits per heavy atom. The van der Waals surface area contributed by atoms with Crippen LogP contribution in [-0.4, -0.2) is 28.7 Å². The van der Waals surface area contributed by atoms with E-state index in [1.807, 2.05) is 25.7 Å². The zero-order chi connectivity index (χ0) is 22.7. The first-order chi connectivity index (χ1) is 14.0. The van der Waals surface area contributed by atoms with Crippen LogP contribution in [0.5, 0.6) is 0 Å². The lowest BCUT2D eigenvalue weighted by atomic mass is 10.0. The number of nitriles is 1. The van der Waals surface area contributed by atoms with Gasteiger partial charge in [-0.1, -0.05) is 38.7 Å². The van der Waals surface area contributed by atoms with Crippen LogP contribution >= 0.6 is 0 Å². The third kappa shape index (κ3) is 4.94. The molecule has 0 saturated carbocycles. The first kappa shape index (κ1) is 23.7. The minimum absolute atomic E-state index is 0.00694. The molecular weight excluding hydrogens is 426 g/mol. The molecule has 5 nitrogen and oxygen atoms in total. The Balaban J connectivity index is 2.53. The molecule has 2 aromatic carbocycles. The van der Waals surface area contributed by atoms with Crippen molar-refractivity contribution >= 4 is 35.2 Å². The average molecular weight is 451 g/mol. The third-order valence-corrected chi connectivity index (χ3v) is 8.54. The highest BCUT2D eigenvalue weighted by Crippen LogP contribution is 2.30. The van der Waals surface area contributed by atoms with Crippen LogP contribution in [0.1, 0.15) is 24.9 Å². The average Bonchev–Trinajstić information content (AvgIpc) is 2.66. The third-order valence-electron chi connectivity index (χ3n) is 4.81. The summed E-state index contributed by atoms with van der Waals surface area (Å²) in [5, 5.41) is 9.28. The summed E-state index contributed by atoms with van der Waals surface area (Å²) in [6.45, 7) is 6.98. The minimum atomic E-state index is -3.40. The number of hydrogen-bond acceptors (Lipinski definition) is 4. The fourth-order valence-electron chi connectivity index (χ4n) is 3.27. The summed E-state index contributed by atoms with van der Waals surface area (Å²) in [4.78, 5) is 13.1. The number of carbonyl (C=O) groups excluding carboxylic acids is 1. The summed E-state index contributed by atoms with van der Waals surface area (Å²) in [5.74, 6) is -1.51. The van der Waals surface area contributed by atoms with Crippen LogP contribution in [0.4, 0.5) is 14.5 Å². The summed E-state index contributed by atoms with van der Waals surface area (Å²) in [6.07, 6.45) is 0.277. The lowest BCUT2D eigenvalue weighted by molar-refractivity contribution is -0.107. The van der Waals surface area contributed by atoms with E-state index in [4.69, 9.17) is 0 Å². The first-order valence-electron chi connectivity index (χ1n) is 9.39. The molecule has 1 atom stereocenters. The first-order valence-corrected chi connectivity index (χ1v) is 14.5. The van der Waals surface area contributed by atoms with E-state index in [1.165, 1.54) is 31.2 Å². The number of anilines is 1. The minimum Gasteiger partial charge on any atom is -0.306 e. The Morgan fingerprint density at radius 3 is 2.07 bits per heavy atom. The Labute approximate surface area is 176 Å². The molecule has 2 rings (SSSR count). The summed E-state index contributed by atoms with van der Waals surface area (Å²) in [6, 6.07) is 9.15. The highest BCUT2D eigenvalue weighted by Gasteiger charge is 2.28. The molecule has 0 saturated heterocycles. The van der Waals surface area contributed by atoms with E-state index < -0.39 is 35.6 Å². The molecule has 2 aromatic rings. The van der Waals surface area contributed by atoms with Crippen LogP contribution < -0.4 is 10.1 Å². The van der Waals surface area contributed by atoms with Gasteiger partial charge in [0.2, 0.25) is 6.41 Å². The van der Waals surface area contributed by atoms with Gasteiger partial charge in [0.15, 0.2) is 9.84 Å². The molecule has 0 unspecified atom stereocenters. The van der Waals surface area contributed by atoms with Gasteiger partial charge < -0.3 is 4.90 Å². The fraction of sp³-hybridized carbons (Fsp3) is 0.333. The fourth-order valence-corrected chi connectivity index (χ4v) is 5.73. The van der Waals surface area contributed by atoms with E-state index in [0.29, 0.717) is 12.0 Å². The number of benzene rings is 2. The quantitative estimate of drug-likeness (QED) is 0.451. The van der Waals surface area contributed by atoms with Crippen LogP contribution in [0, 0.1) is 23.0 Å². The van der Waals surface area contributed by atoms with Crippen molar-refractivity contribution in [2.75, 3.05) is 10.7 Å². The summed E-state index contributed by atoms with van der Waals surface area (Å²) < 4.78 is 53.4. The van der Waals surface area contributed by atoms with Crippen LogP contribution in [0.15, 0.2) is 41.3 Å². The van der Waals surface area contributed by atoms with Gasteiger partial charge in [0.05, 0.1) is 37.3 Å². The van der Waals surface area contributed by atoms with Crippen LogP contribution in [0.2, 0.25) is 19.6 Å². The number of sulfone groups is 1. The van der Waals surface area contributed by atoms with Crippen molar-refractivity contribution in [1.82, 2.24) is 0 Å². The number of hydrogen-bond donors (Lipinski definition) is 0. The molecule has 0 spiro atoms. The Bertz CT molecular complexity index is 1050. The maximum atomic E-state index is 14.7. The van der Waals surface area contributed by atoms with Gasteiger partial charge >= 0.3 is 0 Å². The van der Waals surface area contributed by atoms with Gasteiger partial charge in [0, 0.05) is 10.9 Å². The van der Waals surface area contributed by atoms with E-state index in [-0.39, 0.29) is 27.9 Å². The predicted molar refractivity (Wildman–Crippen MR) is 115 cm³/mol. The van der Waals surface area contributed by atoms with Crippen molar-refractivity contribution in [3.8, 4) is 6.07 Å². The number of nitrogens with zero attached hydrogens (tertiary/aromatic N) is 2. The Hall–Kier alpha value is -2.57. The van der Waals surface area contributed by atoms with E-state index in [1.54, 1.807) is 0 Å². The molecule has 160 valence electrons. The standard InChI is InChI=1S/C21H24F2N2O3SSi/c1-5-29(27,28)17-8-6-15(7-9-17)20(10-11-24)25(14-26)16-12-18(22)21(19(23)13-16)30(2,3)4/h6-9,12-14,20H,5,10H2,1-4H3/t20-/m1/s1. The number of amides is 1. The lowest BCUT2D eigenvalue weighted by Crippen LogP contribution is -2.42. The molecule has 0 bridgehead atoms. The number of rotatable bonds is 8. The number of halogens is 2. The second kappa shape index (κ2) is 9.06. The second-order valence-corrected chi connectivity index (χ2v) is 15.2. The van der Waals surface area contributed by atoms with Gasteiger partial charge in [-0.15, -0.1) is 0 Å². The van der Waals surface area contributed by atoms with Gasteiger partial charge in [-0.25, -0.2) is 17.2 Å². The van der Waals surface area contributed by atoms with Gasteiger partial charge in [-0.3, -0.25) is 4.79 Å². The summed E-state index contributed by atoms with van der Waals surface area (Å²) in [7, 11) is -5.70. The van der Waals surface area contributed by atoms with Gasteiger partial charge in [0.1, 0.15) is 11.6 Å². The second-order valence-electron chi connectivity index (χ2n) is 7.90. The van der Waals surface area contributed by atoms with Gasteiger partial charge in [-0.05, 0) is 29.8 Å². The molecule has 0 radical (unpaired) electrons. The van der Waals surface area contributed by atoms with Crippen molar-refractivity contribution in [3.63, 3.8) is 0 Å². The molecule has 0 N–H and O–H groups in total. The molecule has 0 aromatic heterocycles. The number of carbonyl (C=O) groups is 1. The van der Waals surface area contributed by atoms with Crippen molar-refractivity contribution < 1.29 is 22.0 Å². The van der Waals surface area contributed by atoms with Crippen LogP contribution in [0.3, 0.4) is 0 Å². The van der Waals surface area contributed by atoms with E-state index >= 15 is 0 Å². The highest BCUT2D eigenvalue weighted by molar-refractivity contribution is 7.91. The maximum absolute atomic E-state index is 14.7. The largest absolute Gasteiger partial charge is 0.306 e. The van der Waals surface area contributed by atoms with Crippen molar-refractivity contribution in [1.29, 1.82) is 5.26 Å². The van der Waals surface area contributed by atoms with Crippen LogP contribution in [-0.2, 0) is 14.6 Å². The molecule has 0 aliphatic rings. The molecule has 0 aliphatic carbocycles. The normalized spacial score (nSPS) is 12.8. The van der Waals surface area contributed by atoms with Crippen molar-refractivity contribution in [3.05, 3.63) is 53.6 Å². The maximum Gasteiger partial charge on any atom is 0.214 e. The molecule has 9 heteroatoms. The van der Waals surface area contributed by atoms with Gasteiger partial charge in [-0.2, -0.15) is 5.26 Å². The van der Waals surface area contributed by atoms with Crippen molar-refractivity contribution in [2.24, 2.45) is 0 Å². The molecular formula is C21H24F2N2O3SSi. The highest BCUT2D eigenvalue weighted by atomic mass is 32.2. The van der Waals surface area contributed by atoms with E-state index in [0.717, 1.165) is 17.0 Å². The molecule has 0 heterocycles. The SMILES string of the molecule is CCS(=O)(=O)c1ccc([C@@H](CC#N)N(C=O)c2cc(F)c([Si](C)(C)C)c(F)c2)cc1. The summed E-state index contributed by atoms with van der Waals surface area (Å²) in [5.41, 5.74) is 0.473. The smallest absolute Gasteiger partial charge is 0.214 e. The molecule has 30 heavy (non-hydrogen) atoms. The zero-order valence-electron chi connectivity index (χ0n) is 17.3. The predicted octanol–water partition coefficient (Wildman–Crippen LogP) is 3.92. The van der Waals surface area contributed by atoms with Crippen molar-refractivity contribution in [2.45, 2.75) is 43.9 Å². The molecule has 0 aliphatic heterocycles.